The van der Waals surface area contributed by atoms with Crippen LogP contribution < -0.4 is 10.2 Å². The number of guanidine groups is 1. The highest BCUT2D eigenvalue weighted by molar-refractivity contribution is 14.0. The fourth-order valence-corrected chi connectivity index (χ4v) is 4.05. The molecule has 1 N–H and O–H groups in total. The molecule has 31 heavy (non-hydrogen) atoms. The molecule has 1 amide bonds. The summed E-state index contributed by atoms with van der Waals surface area (Å²) < 4.78 is 10.9. The summed E-state index contributed by atoms with van der Waals surface area (Å²) in [5, 5.41) is 3.49. The van der Waals surface area contributed by atoms with Crippen LogP contribution in [0.5, 0.6) is 0 Å². The number of nitrogens with one attached hydrogen (secondary N) is 1. The van der Waals surface area contributed by atoms with Crippen LogP contribution in [0.15, 0.2) is 29.3 Å². The first-order valence-electron chi connectivity index (χ1n) is 10.8. The fraction of sp³-hybridized carbons (Fsp3) is 0.636. The summed E-state index contributed by atoms with van der Waals surface area (Å²) in [5.74, 6) is 0.932. The second-order valence-corrected chi connectivity index (χ2v) is 9.06. The molecular weight excluding hydrogens is 509 g/mol. The largest absolute Gasteiger partial charge is 0.444 e. The lowest BCUT2D eigenvalue weighted by atomic mass is 10.2. The SMILES string of the molecule is CC(C)(C)OC(=O)N1CCN2C(NCc3ccc(N4CCOCC4)cc3)=NCC2C1.I. The van der Waals surface area contributed by atoms with Gasteiger partial charge in [0, 0.05) is 45.0 Å². The van der Waals surface area contributed by atoms with Gasteiger partial charge in [-0.1, -0.05) is 12.1 Å². The van der Waals surface area contributed by atoms with E-state index in [0.717, 1.165) is 45.4 Å². The first-order valence-corrected chi connectivity index (χ1v) is 10.8. The molecule has 2 fully saturated rings. The highest BCUT2D eigenvalue weighted by Gasteiger charge is 2.36. The highest BCUT2D eigenvalue weighted by atomic mass is 127. The Morgan fingerprint density at radius 2 is 1.87 bits per heavy atom. The number of morpholine rings is 1. The number of hydrogen-bond donors (Lipinski definition) is 1. The molecule has 1 aromatic rings. The summed E-state index contributed by atoms with van der Waals surface area (Å²) in [7, 11) is 0. The van der Waals surface area contributed by atoms with E-state index in [2.05, 4.69) is 44.4 Å². The highest BCUT2D eigenvalue weighted by Crippen LogP contribution is 2.20. The van der Waals surface area contributed by atoms with Crippen LogP contribution in [0, 0.1) is 0 Å². The smallest absolute Gasteiger partial charge is 0.410 e. The van der Waals surface area contributed by atoms with Crippen molar-refractivity contribution in [2.45, 2.75) is 39.0 Å². The van der Waals surface area contributed by atoms with E-state index >= 15 is 0 Å². The Bertz CT molecular complexity index is 774. The van der Waals surface area contributed by atoms with Crippen LogP contribution in [0.25, 0.3) is 0 Å². The van der Waals surface area contributed by atoms with Gasteiger partial charge in [0.15, 0.2) is 5.96 Å². The standard InChI is InChI=1S/C22H33N5O3.HI/c1-22(2,3)30-21(28)26-8-9-27-19(16-26)15-24-20(27)23-14-17-4-6-18(7-5-17)25-10-12-29-13-11-25;/h4-7,19H,8-16H2,1-3H3,(H,23,24);1H. The minimum atomic E-state index is -0.468. The lowest BCUT2D eigenvalue weighted by Crippen LogP contribution is -2.57. The summed E-state index contributed by atoms with van der Waals surface area (Å²) >= 11 is 0. The van der Waals surface area contributed by atoms with Gasteiger partial charge in [-0.05, 0) is 38.5 Å². The molecule has 0 radical (unpaired) electrons. The molecule has 3 aliphatic heterocycles. The van der Waals surface area contributed by atoms with Crippen molar-refractivity contribution in [2.75, 3.05) is 57.4 Å². The summed E-state index contributed by atoms with van der Waals surface area (Å²) in [6, 6.07) is 8.93. The van der Waals surface area contributed by atoms with Gasteiger partial charge >= 0.3 is 6.09 Å². The van der Waals surface area contributed by atoms with Crippen molar-refractivity contribution in [1.82, 2.24) is 15.1 Å². The molecule has 0 aliphatic carbocycles. The number of aliphatic imine (C=N–C) groups is 1. The third-order valence-corrected chi connectivity index (χ3v) is 5.62. The summed E-state index contributed by atoms with van der Waals surface area (Å²) in [6.45, 7) is 12.7. The number of anilines is 1. The molecule has 1 unspecified atom stereocenters. The minimum absolute atomic E-state index is 0. The molecule has 3 aliphatic rings. The van der Waals surface area contributed by atoms with Crippen LogP contribution in [0.3, 0.4) is 0 Å². The van der Waals surface area contributed by atoms with Gasteiger partial charge in [0.25, 0.3) is 0 Å². The average molecular weight is 543 g/mol. The van der Waals surface area contributed by atoms with E-state index in [4.69, 9.17) is 9.47 Å². The van der Waals surface area contributed by atoms with Gasteiger partial charge in [0.2, 0.25) is 0 Å². The van der Waals surface area contributed by atoms with E-state index in [1.807, 2.05) is 20.8 Å². The second-order valence-electron chi connectivity index (χ2n) is 9.06. The molecule has 8 nitrogen and oxygen atoms in total. The summed E-state index contributed by atoms with van der Waals surface area (Å²) in [6.07, 6.45) is -0.232. The third kappa shape index (κ3) is 6.15. The number of ether oxygens (including phenoxy) is 2. The molecule has 1 atom stereocenters. The topological polar surface area (TPSA) is 69.6 Å². The average Bonchev–Trinajstić information content (AvgIpc) is 3.14. The molecule has 172 valence electrons. The molecule has 1 aromatic carbocycles. The molecular formula is C22H34IN5O3. The number of halogens is 1. The molecule has 3 heterocycles. The van der Waals surface area contributed by atoms with Gasteiger partial charge in [0.1, 0.15) is 5.60 Å². The zero-order chi connectivity index (χ0) is 21.1. The zero-order valence-electron chi connectivity index (χ0n) is 18.7. The van der Waals surface area contributed by atoms with E-state index in [-0.39, 0.29) is 36.1 Å². The monoisotopic (exact) mass is 543 g/mol. The van der Waals surface area contributed by atoms with E-state index < -0.39 is 5.60 Å². The van der Waals surface area contributed by atoms with E-state index in [1.54, 1.807) is 4.90 Å². The molecule has 0 aromatic heterocycles. The number of fused-ring (bicyclic) bond motifs is 1. The zero-order valence-corrected chi connectivity index (χ0v) is 21.0. The van der Waals surface area contributed by atoms with Gasteiger partial charge < -0.3 is 29.5 Å². The van der Waals surface area contributed by atoms with Gasteiger partial charge in [0.05, 0.1) is 25.8 Å². The van der Waals surface area contributed by atoms with Crippen molar-refractivity contribution in [3.8, 4) is 0 Å². The van der Waals surface area contributed by atoms with Crippen molar-refractivity contribution in [3.05, 3.63) is 29.8 Å². The molecule has 2 saturated heterocycles. The maximum absolute atomic E-state index is 12.4. The van der Waals surface area contributed by atoms with Crippen LogP contribution in [-0.2, 0) is 16.0 Å². The lowest BCUT2D eigenvalue weighted by Gasteiger charge is -2.39. The maximum atomic E-state index is 12.4. The third-order valence-electron chi connectivity index (χ3n) is 5.62. The molecule has 9 heteroatoms. The maximum Gasteiger partial charge on any atom is 0.410 e. The Morgan fingerprint density at radius 1 is 1.16 bits per heavy atom. The van der Waals surface area contributed by atoms with Crippen molar-refractivity contribution in [3.63, 3.8) is 0 Å². The second kappa shape index (κ2) is 10.2. The van der Waals surface area contributed by atoms with Crippen LogP contribution in [-0.4, -0.2) is 86.0 Å². The lowest BCUT2D eigenvalue weighted by molar-refractivity contribution is 0.0137. The number of piperazine rings is 1. The summed E-state index contributed by atoms with van der Waals surface area (Å²) in [5.41, 5.74) is 2.01. The number of nitrogens with zero attached hydrogens (tertiary/aromatic N) is 4. The number of amides is 1. The predicted molar refractivity (Wildman–Crippen MR) is 132 cm³/mol. The first kappa shape index (κ1) is 23.9. The molecule has 0 bridgehead atoms. The Hall–Kier alpha value is -1.75. The Balaban J connectivity index is 0.00000272. The van der Waals surface area contributed by atoms with Crippen LogP contribution in [0.4, 0.5) is 10.5 Å². The van der Waals surface area contributed by atoms with Crippen molar-refractivity contribution >= 4 is 41.7 Å². The van der Waals surface area contributed by atoms with E-state index in [0.29, 0.717) is 19.6 Å². The van der Waals surface area contributed by atoms with Crippen LogP contribution in [0.2, 0.25) is 0 Å². The Morgan fingerprint density at radius 3 is 2.55 bits per heavy atom. The van der Waals surface area contributed by atoms with E-state index in [9.17, 15) is 4.79 Å². The summed E-state index contributed by atoms with van der Waals surface area (Å²) in [4.78, 5) is 23.5. The van der Waals surface area contributed by atoms with Crippen molar-refractivity contribution < 1.29 is 14.3 Å². The minimum Gasteiger partial charge on any atom is -0.444 e. The van der Waals surface area contributed by atoms with Crippen LogP contribution in [0.1, 0.15) is 26.3 Å². The normalized spacial score (nSPS) is 21.2. The quantitative estimate of drug-likeness (QED) is 0.592. The van der Waals surface area contributed by atoms with Crippen LogP contribution >= 0.6 is 24.0 Å². The number of rotatable bonds is 3. The van der Waals surface area contributed by atoms with Gasteiger partial charge in [-0.15, -0.1) is 24.0 Å². The van der Waals surface area contributed by atoms with Gasteiger partial charge in [-0.2, -0.15) is 0 Å². The molecule has 0 saturated carbocycles. The van der Waals surface area contributed by atoms with Gasteiger partial charge in [-0.3, -0.25) is 4.99 Å². The Labute approximate surface area is 202 Å². The predicted octanol–water partition coefficient (Wildman–Crippen LogP) is 2.52. The number of carbonyl (C=O) groups excluding carboxylic acids is 1. The van der Waals surface area contributed by atoms with Crippen molar-refractivity contribution in [2.24, 2.45) is 4.99 Å². The van der Waals surface area contributed by atoms with E-state index in [1.165, 1.54) is 11.3 Å². The number of carbonyl (C=O) groups is 1. The van der Waals surface area contributed by atoms with Crippen molar-refractivity contribution in [1.29, 1.82) is 0 Å². The van der Waals surface area contributed by atoms with Gasteiger partial charge in [-0.25, -0.2) is 4.79 Å². The number of benzene rings is 1. The first-order chi connectivity index (χ1) is 14.4. The molecule has 0 spiro atoms. The number of hydrogen-bond acceptors (Lipinski definition) is 7. The Kier molecular flexibility index (Phi) is 7.90. The fourth-order valence-electron chi connectivity index (χ4n) is 4.05. The molecule has 4 rings (SSSR count).